The molecule has 2 aromatic rings. The third kappa shape index (κ3) is 3.57. The Morgan fingerprint density at radius 3 is 2.05 bits per heavy atom. The summed E-state index contributed by atoms with van der Waals surface area (Å²) in [5, 5.41) is 9.58. The maximum atomic E-state index is 13.7. The summed E-state index contributed by atoms with van der Waals surface area (Å²) in [4.78, 5) is 1.36. The molecule has 22 heavy (non-hydrogen) atoms. The van der Waals surface area contributed by atoms with E-state index in [1.807, 2.05) is 75.4 Å². The van der Waals surface area contributed by atoms with Crippen LogP contribution in [-0.2, 0) is 9.73 Å². The molecule has 0 heterocycles. The maximum Gasteiger partial charge on any atom is 0.104 e. The molecule has 0 spiro atoms. The van der Waals surface area contributed by atoms with Gasteiger partial charge in [-0.2, -0.15) is 0 Å². The van der Waals surface area contributed by atoms with Crippen LogP contribution in [-0.4, -0.2) is 22.0 Å². The second-order valence-electron chi connectivity index (χ2n) is 5.75. The smallest absolute Gasteiger partial charge is 0.104 e. The fourth-order valence-electron chi connectivity index (χ4n) is 2.14. The van der Waals surface area contributed by atoms with Crippen molar-refractivity contribution in [2.45, 2.75) is 36.6 Å². The summed E-state index contributed by atoms with van der Waals surface area (Å²) in [5.41, 5.74) is 1.11. The van der Waals surface area contributed by atoms with Gasteiger partial charge in [0.05, 0.1) is 22.4 Å². The Hall–Kier alpha value is -1.65. The zero-order valence-electron chi connectivity index (χ0n) is 13.3. The van der Waals surface area contributed by atoms with Gasteiger partial charge in [-0.1, -0.05) is 49.7 Å². The summed E-state index contributed by atoms with van der Waals surface area (Å²) in [7, 11) is -2.75. The molecule has 0 amide bonds. The van der Waals surface area contributed by atoms with Crippen LogP contribution < -0.4 is 0 Å². The highest BCUT2D eigenvalue weighted by Gasteiger charge is 2.20. The molecule has 0 bridgehead atoms. The highest BCUT2D eigenvalue weighted by Crippen LogP contribution is 2.26. The Balaban J connectivity index is 2.67. The van der Waals surface area contributed by atoms with Crippen molar-refractivity contribution in [2.24, 2.45) is 10.3 Å². The van der Waals surface area contributed by atoms with Crippen LogP contribution in [0.2, 0.25) is 0 Å². The fraction of sp³-hybridized carbons (Fsp3) is 0.333. The van der Waals surface area contributed by atoms with Gasteiger partial charge in [0, 0.05) is 0 Å². The first-order valence-electron chi connectivity index (χ1n) is 7.46. The third-order valence-corrected chi connectivity index (χ3v) is 6.03. The summed E-state index contributed by atoms with van der Waals surface area (Å²) in [6, 6.07) is 16.5. The normalized spacial score (nSPS) is 15.3. The molecular formula is C18H23NO2S. The van der Waals surface area contributed by atoms with Crippen molar-refractivity contribution in [2.75, 3.05) is 6.61 Å². The predicted octanol–water partition coefficient (Wildman–Crippen LogP) is 3.90. The molecule has 0 aromatic heterocycles. The highest BCUT2D eigenvalue weighted by atomic mass is 32.2. The molecule has 3 nitrogen and oxygen atoms in total. The van der Waals surface area contributed by atoms with Crippen LogP contribution in [0.1, 0.15) is 19.4 Å². The van der Waals surface area contributed by atoms with Crippen molar-refractivity contribution >= 4 is 9.73 Å². The van der Waals surface area contributed by atoms with E-state index in [0.717, 1.165) is 5.56 Å². The van der Waals surface area contributed by atoms with E-state index in [2.05, 4.69) is 4.36 Å². The molecule has 0 fully saturated rings. The molecule has 0 aliphatic rings. The van der Waals surface area contributed by atoms with Gasteiger partial charge in [0.1, 0.15) is 9.73 Å². The molecule has 118 valence electrons. The lowest BCUT2D eigenvalue weighted by Gasteiger charge is -2.18. The van der Waals surface area contributed by atoms with Gasteiger partial charge < -0.3 is 5.11 Å². The minimum atomic E-state index is -2.75. The van der Waals surface area contributed by atoms with Crippen molar-refractivity contribution < 1.29 is 9.32 Å². The molecule has 0 saturated carbocycles. The number of aliphatic hydroxyl groups is 1. The fourth-order valence-corrected chi connectivity index (χ4v) is 4.38. The summed E-state index contributed by atoms with van der Waals surface area (Å²) >= 11 is 0. The molecule has 1 unspecified atom stereocenters. The number of rotatable bonds is 5. The monoisotopic (exact) mass is 317 g/mol. The average Bonchev–Trinajstić information content (AvgIpc) is 2.53. The second-order valence-corrected chi connectivity index (χ2v) is 7.96. The number of hydrogen-bond donors (Lipinski definition) is 1. The van der Waals surface area contributed by atoms with E-state index in [9.17, 15) is 9.32 Å². The molecule has 0 aliphatic heterocycles. The molecule has 0 saturated heterocycles. The molecule has 2 aromatic carbocycles. The summed E-state index contributed by atoms with van der Waals surface area (Å²) in [6.45, 7) is 5.85. The number of benzene rings is 2. The number of nitrogens with zero attached hydrogens (tertiary/aromatic N) is 1. The lowest BCUT2D eigenvalue weighted by atomic mass is 10.1. The van der Waals surface area contributed by atoms with Crippen LogP contribution in [0.25, 0.3) is 0 Å². The number of aryl methyl sites for hydroxylation is 1. The Labute approximate surface area is 133 Å². The largest absolute Gasteiger partial charge is 0.394 e. The van der Waals surface area contributed by atoms with Crippen molar-refractivity contribution in [1.29, 1.82) is 0 Å². The van der Waals surface area contributed by atoms with Gasteiger partial charge in [-0.25, -0.2) is 8.57 Å². The minimum absolute atomic E-state index is 0.104. The van der Waals surface area contributed by atoms with Crippen LogP contribution in [0.5, 0.6) is 0 Å². The van der Waals surface area contributed by atoms with Crippen molar-refractivity contribution in [3.05, 3.63) is 60.2 Å². The van der Waals surface area contributed by atoms with Crippen LogP contribution in [0.3, 0.4) is 0 Å². The predicted molar refractivity (Wildman–Crippen MR) is 90.4 cm³/mol. The average molecular weight is 317 g/mol. The van der Waals surface area contributed by atoms with Crippen molar-refractivity contribution in [3.8, 4) is 0 Å². The quantitative estimate of drug-likeness (QED) is 0.909. The molecule has 4 heteroatoms. The summed E-state index contributed by atoms with van der Waals surface area (Å²) in [5.74, 6) is 0.125. The van der Waals surface area contributed by atoms with Crippen molar-refractivity contribution in [3.63, 3.8) is 0 Å². The molecular weight excluding hydrogens is 294 g/mol. The van der Waals surface area contributed by atoms with Gasteiger partial charge in [0.2, 0.25) is 0 Å². The van der Waals surface area contributed by atoms with E-state index < -0.39 is 9.73 Å². The summed E-state index contributed by atoms with van der Waals surface area (Å²) < 4.78 is 18.3. The first-order valence-corrected chi connectivity index (χ1v) is 8.98. The Morgan fingerprint density at radius 2 is 1.55 bits per heavy atom. The molecule has 0 radical (unpaired) electrons. The van der Waals surface area contributed by atoms with E-state index in [1.54, 1.807) is 0 Å². The van der Waals surface area contributed by atoms with Crippen LogP contribution >= 0.6 is 0 Å². The van der Waals surface area contributed by atoms with Crippen LogP contribution in [0.4, 0.5) is 0 Å². The van der Waals surface area contributed by atoms with Gasteiger partial charge in [0.15, 0.2) is 0 Å². The zero-order valence-corrected chi connectivity index (χ0v) is 14.1. The van der Waals surface area contributed by atoms with Crippen LogP contribution in [0, 0.1) is 12.8 Å². The van der Waals surface area contributed by atoms with Gasteiger partial charge >= 0.3 is 0 Å². The molecule has 2 atom stereocenters. The topological polar surface area (TPSA) is 49.7 Å². The van der Waals surface area contributed by atoms with Gasteiger partial charge in [-0.05, 0) is 37.1 Å². The van der Waals surface area contributed by atoms with E-state index in [0.29, 0.717) is 9.79 Å². The highest BCUT2D eigenvalue weighted by molar-refractivity contribution is 7.93. The molecule has 0 aliphatic carbocycles. The van der Waals surface area contributed by atoms with Crippen molar-refractivity contribution in [1.82, 2.24) is 0 Å². The third-order valence-electron chi connectivity index (χ3n) is 3.64. The van der Waals surface area contributed by atoms with Gasteiger partial charge in [-0.15, -0.1) is 0 Å². The zero-order chi connectivity index (χ0) is 16.2. The number of aliphatic hydroxyl groups excluding tert-OH is 1. The molecule has 1 N–H and O–H groups in total. The van der Waals surface area contributed by atoms with Crippen LogP contribution in [0.15, 0.2) is 68.8 Å². The maximum absolute atomic E-state index is 13.7. The second kappa shape index (κ2) is 7.07. The SMILES string of the molecule is Cc1ccc(S(=O)(=N[C@H](CO)C(C)C)c2ccccc2)cc1. The Kier molecular flexibility index (Phi) is 5.37. The Morgan fingerprint density at radius 1 is 1.00 bits per heavy atom. The van der Waals surface area contributed by atoms with Gasteiger partial charge in [0.25, 0.3) is 0 Å². The minimum Gasteiger partial charge on any atom is -0.394 e. The lowest BCUT2D eigenvalue weighted by molar-refractivity contribution is 0.240. The van der Waals surface area contributed by atoms with E-state index in [-0.39, 0.29) is 18.6 Å². The summed E-state index contributed by atoms with van der Waals surface area (Å²) in [6.07, 6.45) is 0. The first kappa shape index (κ1) is 16.7. The van der Waals surface area contributed by atoms with E-state index >= 15 is 0 Å². The Bertz CT molecular complexity index is 715. The number of hydrogen-bond acceptors (Lipinski definition) is 3. The first-order chi connectivity index (χ1) is 10.5. The molecule has 2 rings (SSSR count). The standard InChI is InChI=1S/C18H23NO2S/c1-14(2)18(13-20)19-22(21,16-7-5-4-6-8-16)17-11-9-15(3)10-12-17/h4-12,14,18,20H,13H2,1-3H3/t18-,22?/m1/s1. The van der Waals surface area contributed by atoms with E-state index in [4.69, 9.17) is 0 Å². The van der Waals surface area contributed by atoms with Gasteiger partial charge in [-0.3, -0.25) is 0 Å². The lowest BCUT2D eigenvalue weighted by Crippen LogP contribution is -2.20. The van der Waals surface area contributed by atoms with E-state index in [1.165, 1.54) is 0 Å².